The first-order valence-electron chi connectivity index (χ1n) is 8.67. The van der Waals surface area contributed by atoms with Crippen LogP contribution in [-0.2, 0) is 4.79 Å². The van der Waals surface area contributed by atoms with Crippen LogP contribution in [0.4, 0.5) is 10.5 Å². The van der Waals surface area contributed by atoms with E-state index in [1.807, 2.05) is 29.2 Å². The average Bonchev–Trinajstić information content (AvgIpc) is 2.67. The van der Waals surface area contributed by atoms with E-state index in [9.17, 15) is 14.9 Å². The first kappa shape index (κ1) is 17.1. The minimum absolute atomic E-state index is 0.110. The number of carbonyl (C=O) groups excluding carboxylic acids is 2. The minimum Gasteiger partial charge on any atom is -0.367 e. The number of amides is 3. The molecule has 3 rings (SSSR count). The van der Waals surface area contributed by atoms with Gasteiger partial charge in [-0.2, -0.15) is 5.26 Å². The molecule has 0 unspecified atom stereocenters. The molecule has 1 atom stereocenters. The summed E-state index contributed by atoms with van der Waals surface area (Å²) in [6.07, 6.45) is 1.62. The first-order chi connectivity index (χ1) is 12.1. The lowest BCUT2D eigenvalue weighted by Gasteiger charge is -2.39. The molecule has 2 aliphatic rings. The number of hydrogen-bond acceptors (Lipinski definition) is 4. The Bertz CT molecular complexity index is 691. The maximum Gasteiger partial charge on any atom is 0.314 e. The molecule has 132 valence electrons. The SMILES string of the molecule is N#Cc1ccccc1N1CCN(C(=O)[C@H]2CCCN(C(N)=O)C2)CC1. The summed E-state index contributed by atoms with van der Waals surface area (Å²) in [4.78, 5) is 29.7. The van der Waals surface area contributed by atoms with Gasteiger partial charge in [-0.3, -0.25) is 4.79 Å². The zero-order chi connectivity index (χ0) is 17.8. The second-order valence-corrected chi connectivity index (χ2v) is 6.56. The largest absolute Gasteiger partial charge is 0.367 e. The molecule has 0 aromatic heterocycles. The van der Waals surface area contributed by atoms with Gasteiger partial charge in [-0.25, -0.2) is 4.79 Å². The van der Waals surface area contributed by atoms with E-state index in [4.69, 9.17) is 5.73 Å². The molecule has 2 N–H and O–H groups in total. The highest BCUT2D eigenvalue weighted by atomic mass is 16.2. The summed E-state index contributed by atoms with van der Waals surface area (Å²) >= 11 is 0. The number of piperidine rings is 1. The number of nitrogens with two attached hydrogens (primary N) is 1. The summed E-state index contributed by atoms with van der Waals surface area (Å²) in [5.41, 5.74) is 6.93. The number of nitriles is 1. The van der Waals surface area contributed by atoms with E-state index in [1.54, 1.807) is 4.90 Å². The van der Waals surface area contributed by atoms with E-state index >= 15 is 0 Å². The molecule has 0 spiro atoms. The smallest absolute Gasteiger partial charge is 0.314 e. The highest BCUT2D eigenvalue weighted by Crippen LogP contribution is 2.23. The van der Waals surface area contributed by atoms with Crippen molar-refractivity contribution in [3.05, 3.63) is 29.8 Å². The van der Waals surface area contributed by atoms with Crippen molar-refractivity contribution in [1.29, 1.82) is 5.26 Å². The molecule has 2 fully saturated rings. The molecule has 2 heterocycles. The molecule has 3 amide bonds. The topological polar surface area (TPSA) is 93.7 Å². The Balaban J connectivity index is 1.59. The Morgan fingerprint density at radius 2 is 1.80 bits per heavy atom. The number of nitrogens with zero attached hydrogens (tertiary/aromatic N) is 4. The van der Waals surface area contributed by atoms with Crippen molar-refractivity contribution >= 4 is 17.6 Å². The number of anilines is 1. The number of likely N-dealkylation sites (tertiary alicyclic amines) is 1. The summed E-state index contributed by atoms with van der Waals surface area (Å²) in [5.74, 6) is -0.0432. The second kappa shape index (κ2) is 7.43. The summed E-state index contributed by atoms with van der Waals surface area (Å²) in [7, 11) is 0. The molecular weight excluding hydrogens is 318 g/mol. The molecule has 7 heteroatoms. The van der Waals surface area contributed by atoms with Gasteiger partial charge in [0.1, 0.15) is 6.07 Å². The van der Waals surface area contributed by atoms with E-state index < -0.39 is 6.03 Å². The Kier molecular flexibility index (Phi) is 5.08. The van der Waals surface area contributed by atoms with Crippen LogP contribution in [0.25, 0.3) is 0 Å². The van der Waals surface area contributed by atoms with Gasteiger partial charge >= 0.3 is 6.03 Å². The van der Waals surface area contributed by atoms with Crippen LogP contribution in [-0.4, -0.2) is 61.0 Å². The number of primary amides is 1. The number of rotatable bonds is 2. The maximum atomic E-state index is 12.8. The number of para-hydroxylation sites is 1. The molecular formula is C18H23N5O2. The molecule has 0 radical (unpaired) electrons. The lowest BCUT2D eigenvalue weighted by atomic mass is 9.96. The van der Waals surface area contributed by atoms with Crippen molar-refractivity contribution in [2.75, 3.05) is 44.2 Å². The zero-order valence-electron chi connectivity index (χ0n) is 14.2. The first-order valence-corrected chi connectivity index (χ1v) is 8.67. The molecule has 7 nitrogen and oxygen atoms in total. The number of hydrogen-bond donors (Lipinski definition) is 1. The number of carbonyl (C=O) groups is 2. The quantitative estimate of drug-likeness (QED) is 0.868. The molecule has 0 saturated carbocycles. The van der Waals surface area contributed by atoms with Gasteiger partial charge < -0.3 is 20.4 Å². The van der Waals surface area contributed by atoms with Crippen LogP contribution in [0.5, 0.6) is 0 Å². The van der Waals surface area contributed by atoms with Crippen molar-refractivity contribution in [2.24, 2.45) is 11.7 Å². The Hall–Kier alpha value is -2.75. The fraction of sp³-hybridized carbons (Fsp3) is 0.500. The van der Waals surface area contributed by atoms with E-state index in [2.05, 4.69) is 11.0 Å². The normalized spacial score (nSPS) is 20.9. The number of urea groups is 1. The van der Waals surface area contributed by atoms with Crippen molar-refractivity contribution in [3.63, 3.8) is 0 Å². The van der Waals surface area contributed by atoms with Crippen LogP contribution in [0.15, 0.2) is 24.3 Å². The van der Waals surface area contributed by atoms with Gasteiger partial charge in [0, 0.05) is 39.3 Å². The van der Waals surface area contributed by atoms with Gasteiger partial charge in [0.05, 0.1) is 17.2 Å². The molecule has 1 aromatic carbocycles. The second-order valence-electron chi connectivity index (χ2n) is 6.56. The number of benzene rings is 1. The summed E-state index contributed by atoms with van der Waals surface area (Å²) in [6, 6.07) is 9.31. The lowest BCUT2D eigenvalue weighted by molar-refractivity contribution is -0.137. The Morgan fingerprint density at radius 1 is 1.08 bits per heavy atom. The average molecular weight is 341 g/mol. The van der Waals surface area contributed by atoms with Crippen LogP contribution in [0, 0.1) is 17.2 Å². The van der Waals surface area contributed by atoms with E-state index in [0.717, 1.165) is 18.5 Å². The monoisotopic (exact) mass is 341 g/mol. The van der Waals surface area contributed by atoms with Crippen molar-refractivity contribution in [1.82, 2.24) is 9.80 Å². The van der Waals surface area contributed by atoms with Crippen molar-refractivity contribution in [3.8, 4) is 6.07 Å². The van der Waals surface area contributed by atoms with Gasteiger partial charge in [-0.05, 0) is 25.0 Å². The van der Waals surface area contributed by atoms with Gasteiger partial charge in [-0.1, -0.05) is 12.1 Å². The zero-order valence-corrected chi connectivity index (χ0v) is 14.2. The van der Waals surface area contributed by atoms with Crippen LogP contribution in [0.1, 0.15) is 18.4 Å². The third-order valence-electron chi connectivity index (χ3n) is 5.04. The van der Waals surface area contributed by atoms with Gasteiger partial charge in [0.2, 0.25) is 5.91 Å². The maximum absolute atomic E-state index is 12.8. The summed E-state index contributed by atoms with van der Waals surface area (Å²) in [5, 5.41) is 9.25. The van der Waals surface area contributed by atoms with E-state index in [0.29, 0.717) is 44.8 Å². The fourth-order valence-corrected chi connectivity index (χ4v) is 3.65. The highest BCUT2D eigenvalue weighted by molar-refractivity contribution is 5.81. The predicted molar refractivity (Wildman–Crippen MR) is 93.8 cm³/mol. The van der Waals surface area contributed by atoms with Crippen molar-refractivity contribution in [2.45, 2.75) is 12.8 Å². The Morgan fingerprint density at radius 3 is 2.48 bits per heavy atom. The van der Waals surface area contributed by atoms with Gasteiger partial charge in [-0.15, -0.1) is 0 Å². The van der Waals surface area contributed by atoms with Crippen molar-refractivity contribution < 1.29 is 9.59 Å². The third-order valence-corrected chi connectivity index (χ3v) is 5.04. The molecule has 0 bridgehead atoms. The van der Waals surface area contributed by atoms with E-state index in [1.165, 1.54) is 0 Å². The highest BCUT2D eigenvalue weighted by Gasteiger charge is 2.32. The van der Waals surface area contributed by atoms with Gasteiger partial charge in [0.15, 0.2) is 0 Å². The number of piperazine rings is 1. The minimum atomic E-state index is -0.449. The molecule has 2 saturated heterocycles. The van der Waals surface area contributed by atoms with Crippen LogP contribution < -0.4 is 10.6 Å². The van der Waals surface area contributed by atoms with E-state index in [-0.39, 0.29) is 11.8 Å². The standard InChI is InChI=1S/C18H23N5O2/c19-12-14-4-1-2-6-16(14)21-8-10-22(11-9-21)17(24)15-5-3-7-23(13-15)18(20)25/h1-2,4,6,15H,3,5,7-11,13H2,(H2,20,25)/t15-/m0/s1. The molecule has 1 aromatic rings. The molecule has 25 heavy (non-hydrogen) atoms. The lowest BCUT2D eigenvalue weighted by Crippen LogP contribution is -2.53. The fourth-order valence-electron chi connectivity index (χ4n) is 3.65. The summed E-state index contributed by atoms with van der Waals surface area (Å²) in [6.45, 7) is 3.73. The van der Waals surface area contributed by atoms with Crippen LogP contribution in [0.3, 0.4) is 0 Å². The third kappa shape index (κ3) is 3.68. The summed E-state index contributed by atoms with van der Waals surface area (Å²) < 4.78 is 0. The van der Waals surface area contributed by atoms with Crippen LogP contribution >= 0.6 is 0 Å². The predicted octanol–water partition coefficient (Wildman–Crippen LogP) is 0.998. The Labute approximate surface area is 147 Å². The van der Waals surface area contributed by atoms with Crippen LogP contribution in [0.2, 0.25) is 0 Å². The molecule has 2 aliphatic heterocycles. The van der Waals surface area contributed by atoms with Gasteiger partial charge in [0.25, 0.3) is 0 Å². The molecule has 0 aliphatic carbocycles.